The molecular weight excluding hydrogens is 502 g/mol. The summed E-state index contributed by atoms with van der Waals surface area (Å²) in [6, 6.07) is 25.7. The zero-order chi connectivity index (χ0) is 27.6. The van der Waals surface area contributed by atoms with E-state index in [1.165, 1.54) is 37.9 Å². The van der Waals surface area contributed by atoms with E-state index >= 15 is 0 Å². The highest BCUT2D eigenvalue weighted by Gasteiger charge is 2.22. The van der Waals surface area contributed by atoms with Gasteiger partial charge in [-0.25, -0.2) is 4.79 Å². The van der Waals surface area contributed by atoms with E-state index in [4.69, 9.17) is 0 Å². The first-order valence-corrected chi connectivity index (χ1v) is 13.5. The van der Waals surface area contributed by atoms with E-state index in [-0.39, 0.29) is 25.3 Å². The molecule has 0 fully saturated rings. The first-order valence-electron chi connectivity index (χ1n) is 13.5. The van der Waals surface area contributed by atoms with Crippen LogP contribution in [0.4, 0.5) is 0 Å². The average Bonchev–Trinajstić information content (AvgIpc) is 3.37. The van der Waals surface area contributed by atoms with Crippen molar-refractivity contribution in [2.24, 2.45) is 0 Å². The minimum atomic E-state index is -1.13. The van der Waals surface area contributed by atoms with Crippen LogP contribution >= 0.6 is 0 Å². The Balaban J connectivity index is 1.03. The van der Waals surface area contributed by atoms with Crippen molar-refractivity contribution < 1.29 is 19.5 Å². The number of rotatable bonds is 10. The molecule has 0 unspecified atom stereocenters. The highest BCUT2D eigenvalue weighted by atomic mass is 16.4. The Morgan fingerprint density at radius 3 is 2.27 bits per heavy atom. The number of carboxylic acid groups (broad SMARTS) is 1. The Morgan fingerprint density at radius 1 is 0.750 bits per heavy atom. The highest BCUT2D eigenvalue weighted by Crippen LogP contribution is 2.36. The molecule has 40 heavy (non-hydrogen) atoms. The Hall–Kier alpha value is -4.91. The van der Waals surface area contributed by atoms with E-state index in [0.29, 0.717) is 6.42 Å². The standard InChI is InChI=1S/C33H29N3O4/c37-29(35-19-30(38)36-28(33(39)40)17-24-18-34-27-9-2-1-8-25(24)27)10-4-5-20-11-12-23-14-13-21-6-3-7-22-15-16-26(20)32(23)31(21)22/h1-3,6-9,11-16,18,28,34H,4-5,10,17,19H2,(H,35,37)(H,36,38)(H,39,40)/t28-/m0/s1. The minimum absolute atomic E-state index is 0.137. The lowest BCUT2D eigenvalue weighted by Gasteiger charge is -2.15. The molecule has 5 aromatic carbocycles. The van der Waals surface area contributed by atoms with Crippen LogP contribution in [0.3, 0.4) is 0 Å². The van der Waals surface area contributed by atoms with Crippen LogP contribution in [-0.2, 0) is 27.2 Å². The summed E-state index contributed by atoms with van der Waals surface area (Å²) in [5.41, 5.74) is 2.90. The molecule has 7 heteroatoms. The molecule has 0 aliphatic rings. The number of carboxylic acids is 1. The van der Waals surface area contributed by atoms with E-state index < -0.39 is 17.9 Å². The lowest BCUT2D eigenvalue weighted by molar-refractivity contribution is -0.141. The quantitative estimate of drug-likeness (QED) is 0.179. The first kappa shape index (κ1) is 25.4. The fraction of sp³-hybridized carbons (Fsp3) is 0.182. The molecule has 200 valence electrons. The number of aromatic amines is 1. The Labute approximate surface area is 230 Å². The molecule has 0 saturated carbocycles. The Morgan fingerprint density at radius 2 is 1.48 bits per heavy atom. The number of carbonyl (C=O) groups is 3. The maximum atomic E-state index is 12.5. The second kappa shape index (κ2) is 10.7. The number of para-hydroxylation sites is 1. The third kappa shape index (κ3) is 4.94. The summed E-state index contributed by atoms with van der Waals surface area (Å²) < 4.78 is 0. The van der Waals surface area contributed by atoms with Crippen molar-refractivity contribution in [2.45, 2.75) is 31.7 Å². The number of H-pyrrole nitrogens is 1. The number of fused-ring (bicyclic) bond motifs is 1. The van der Waals surface area contributed by atoms with E-state index in [9.17, 15) is 19.5 Å². The molecule has 1 heterocycles. The van der Waals surface area contributed by atoms with Crippen LogP contribution in [0.25, 0.3) is 43.2 Å². The van der Waals surface area contributed by atoms with Crippen LogP contribution in [0.15, 0.2) is 85.1 Å². The van der Waals surface area contributed by atoms with Gasteiger partial charge in [0.25, 0.3) is 0 Å². The van der Waals surface area contributed by atoms with Gasteiger partial charge in [0.15, 0.2) is 0 Å². The number of hydrogen-bond acceptors (Lipinski definition) is 3. The average molecular weight is 532 g/mol. The minimum Gasteiger partial charge on any atom is -0.480 e. The lowest BCUT2D eigenvalue weighted by Crippen LogP contribution is -2.46. The van der Waals surface area contributed by atoms with Crippen molar-refractivity contribution in [3.63, 3.8) is 0 Å². The molecule has 0 spiro atoms. The molecule has 6 aromatic rings. The SMILES string of the molecule is O=C(CCCc1ccc2ccc3cccc4ccc1c2c34)NCC(=O)N[C@@H](Cc1c[nH]c2ccccc12)C(=O)O. The number of aromatic nitrogens is 1. The molecule has 6 rings (SSSR count). The van der Waals surface area contributed by atoms with Crippen LogP contribution in [0, 0.1) is 0 Å². The van der Waals surface area contributed by atoms with Gasteiger partial charge in [-0.3, -0.25) is 9.59 Å². The topological polar surface area (TPSA) is 111 Å². The molecule has 1 atom stereocenters. The molecule has 2 amide bonds. The second-order valence-corrected chi connectivity index (χ2v) is 10.2. The number of aliphatic carboxylic acids is 1. The van der Waals surface area contributed by atoms with Crippen LogP contribution in [0.5, 0.6) is 0 Å². The summed E-state index contributed by atoms with van der Waals surface area (Å²) >= 11 is 0. The number of amides is 2. The van der Waals surface area contributed by atoms with Gasteiger partial charge in [-0.05, 0) is 62.4 Å². The zero-order valence-corrected chi connectivity index (χ0v) is 21.9. The largest absolute Gasteiger partial charge is 0.480 e. The first-order chi connectivity index (χ1) is 19.5. The summed E-state index contributed by atoms with van der Waals surface area (Å²) in [5.74, 6) is -1.90. The molecular formula is C33H29N3O4. The number of hydrogen-bond donors (Lipinski definition) is 4. The summed E-state index contributed by atoms with van der Waals surface area (Å²) in [5, 5.41) is 23.1. The fourth-order valence-corrected chi connectivity index (χ4v) is 5.69. The van der Waals surface area contributed by atoms with Crippen molar-refractivity contribution >= 4 is 61.0 Å². The normalized spacial score (nSPS) is 12.3. The van der Waals surface area contributed by atoms with Gasteiger partial charge < -0.3 is 20.7 Å². The van der Waals surface area contributed by atoms with Gasteiger partial charge in [-0.15, -0.1) is 0 Å². The van der Waals surface area contributed by atoms with Crippen molar-refractivity contribution in [3.05, 3.63) is 96.2 Å². The van der Waals surface area contributed by atoms with Gasteiger partial charge in [0, 0.05) is 29.9 Å². The summed E-state index contributed by atoms with van der Waals surface area (Å²) in [6.45, 7) is -0.269. The predicted molar refractivity (Wildman–Crippen MR) is 158 cm³/mol. The molecule has 7 nitrogen and oxygen atoms in total. The van der Waals surface area contributed by atoms with Gasteiger partial charge in [0.1, 0.15) is 6.04 Å². The number of benzene rings is 5. The van der Waals surface area contributed by atoms with Gasteiger partial charge >= 0.3 is 5.97 Å². The molecule has 1 aromatic heterocycles. The molecule has 0 saturated heterocycles. The lowest BCUT2D eigenvalue weighted by atomic mass is 9.90. The number of carbonyl (C=O) groups excluding carboxylic acids is 2. The van der Waals surface area contributed by atoms with Crippen molar-refractivity contribution in [3.8, 4) is 0 Å². The van der Waals surface area contributed by atoms with Crippen molar-refractivity contribution in [1.82, 2.24) is 15.6 Å². The summed E-state index contributed by atoms with van der Waals surface area (Å²) in [4.78, 5) is 39.9. The van der Waals surface area contributed by atoms with Gasteiger partial charge in [-0.1, -0.05) is 72.8 Å². The van der Waals surface area contributed by atoms with E-state index in [0.717, 1.165) is 22.9 Å². The smallest absolute Gasteiger partial charge is 0.326 e. The van der Waals surface area contributed by atoms with Crippen molar-refractivity contribution in [2.75, 3.05) is 6.54 Å². The van der Waals surface area contributed by atoms with E-state index in [1.807, 2.05) is 24.3 Å². The van der Waals surface area contributed by atoms with Gasteiger partial charge in [0.05, 0.1) is 6.54 Å². The summed E-state index contributed by atoms with van der Waals surface area (Å²) in [6.07, 6.45) is 3.54. The maximum absolute atomic E-state index is 12.5. The number of nitrogens with one attached hydrogen (secondary N) is 3. The Bertz CT molecular complexity index is 1860. The third-order valence-corrected chi connectivity index (χ3v) is 7.65. The van der Waals surface area contributed by atoms with Crippen LogP contribution in [0.1, 0.15) is 24.0 Å². The number of aryl methyl sites for hydroxylation is 1. The molecule has 4 N–H and O–H groups in total. The monoisotopic (exact) mass is 531 g/mol. The van der Waals surface area contributed by atoms with E-state index in [1.54, 1.807) is 6.20 Å². The van der Waals surface area contributed by atoms with Crippen LogP contribution < -0.4 is 10.6 Å². The zero-order valence-electron chi connectivity index (χ0n) is 21.9. The molecule has 0 bridgehead atoms. The molecule has 0 aliphatic carbocycles. The van der Waals surface area contributed by atoms with Crippen LogP contribution in [-0.4, -0.2) is 40.5 Å². The molecule has 0 aliphatic heterocycles. The molecule has 0 radical (unpaired) electrons. The highest BCUT2D eigenvalue weighted by molar-refractivity contribution is 6.23. The summed E-state index contributed by atoms with van der Waals surface area (Å²) in [7, 11) is 0. The Kier molecular flexibility index (Phi) is 6.78. The third-order valence-electron chi connectivity index (χ3n) is 7.65. The fourth-order valence-electron chi connectivity index (χ4n) is 5.69. The predicted octanol–water partition coefficient (Wildman–Crippen LogP) is 5.32. The van der Waals surface area contributed by atoms with Gasteiger partial charge in [-0.2, -0.15) is 0 Å². The van der Waals surface area contributed by atoms with Crippen molar-refractivity contribution in [1.29, 1.82) is 0 Å². The van der Waals surface area contributed by atoms with E-state index in [2.05, 4.69) is 70.2 Å². The maximum Gasteiger partial charge on any atom is 0.326 e. The van der Waals surface area contributed by atoms with Gasteiger partial charge in [0.2, 0.25) is 11.8 Å². The van der Waals surface area contributed by atoms with Crippen LogP contribution in [0.2, 0.25) is 0 Å². The second-order valence-electron chi connectivity index (χ2n) is 10.2.